The standard InChI is InChI=1S/C19H21NO2/c1-15-10-12-17(13-11-15)19(22)20-18(14-21)9-5-8-16-6-3-2-4-7-16/h2-4,6-7,10-14,18H,5,8-9H2,1H3,(H,20,22)/t18-/m1/s1. The maximum Gasteiger partial charge on any atom is 0.251 e. The number of carbonyl (C=O) groups is 2. The average molecular weight is 295 g/mol. The van der Waals surface area contributed by atoms with E-state index in [0.717, 1.165) is 24.7 Å². The summed E-state index contributed by atoms with van der Waals surface area (Å²) in [6.07, 6.45) is 3.24. The number of hydrogen-bond donors (Lipinski definition) is 1. The number of hydrogen-bond acceptors (Lipinski definition) is 2. The lowest BCUT2D eigenvalue weighted by Crippen LogP contribution is -2.36. The molecule has 0 aliphatic heterocycles. The molecule has 1 atom stereocenters. The van der Waals surface area contributed by atoms with Crippen LogP contribution in [0.1, 0.15) is 34.3 Å². The summed E-state index contributed by atoms with van der Waals surface area (Å²) in [5.74, 6) is -0.197. The van der Waals surface area contributed by atoms with Crippen LogP contribution >= 0.6 is 0 Å². The Labute approximate surface area is 131 Å². The van der Waals surface area contributed by atoms with Crippen LogP contribution in [0.2, 0.25) is 0 Å². The Kier molecular flexibility index (Phi) is 5.90. The number of aryl methyl sites for hydroxylation is 2. The van der Waals surface area contributed by atoms with Crippen molar-refractivity contribution >= 4 is 12.2 Å². The molecule has 0 bridgehead atoms. The maximum atomic E-state index is 12.1. The van der Waals surface area contributed by atoms with Crippen LogP contribution < -0.4 is 5.32 Å². The third kappa shape index (κ3) is 4.85. The van der Waals surface area contributed by atoms with Gasteiger partial charge >= 0.3 is 0 Å². The summed E-state index contributed by atoms with van der Waals surface area (Å²) in [7, 11) is 0. The fourth-order valence-electron chi connectivity index (χ4n) is 2.30. The van der Waals surface area contributed by atoms with Gasteiger partial charge in [0, 0.05) is 5.56 Å². The van der Waals surface area contributed by atoms with Crippen molar-refractivity contribution in [2.45, 2.75) is 32.2 Å². The van der Waals surface area contributed by atoms with Crippen molar-refractivity contribution in [1.29, 1.82) is 0 Å². The third-order valence-corrected chi connectivity index (χ3v) is 3.62. The second-order valence-corrected chi connectivity index (χ2v) is 5.46. The van der Waals surface area contributed by atoms with Crippen LogP contribution in [0.15, 0.2) is 54.6 Å². The van der Waals surface area contributed by atoms with Crippen LogP contribution in [0.25, 0.3) is 0 Å². The molecule has 0 aromatic heterocycles. The summed E-state index contributed by atoms with van der Waals surface area (Å²) in [4.78, 5) is 23.2. The predicted octanol–water partition coefficient (Wildman–Crippen LogP) is 3.32. The number of carbonyl (C=O) groups excluding carboxylic acids is 2. The van der Waals surface area contributed by atoms with Crippen LogP contribution in [0.4, 0.5) is 0 Å². The van der Waals surface area contributed by atoms with Gasteiger partial charge in [-0.3, -0.25) is 4.79 Å². The fraction of sp³-hybridized carbons (Fsp3) is 0.263. The number of rotatable bonds is 7. The number of aldehydes is 1. The Morgan fingerprint density at radius 3 is 2.41 bits per heavy atom. The lowest BCUT2D eigenvalue weighted by Gasteiger charge is -2.13. The van der Waals surface area contributed by atoms with Gasteiger partial charge in [-0.2, -0.15) is 0 Å². The van der Waals surface area contributed by atoms with E-state index in [0.29, 0.717) is 12.0 Å². The molecule has 0 heterocycles. The smallest absolute Gasteiger partial charge is 0.251 e. The quantitative estimate of drug-likeness (QED) is 0.797. The average Bonchev–Trinajstić information content (AvgIpc) is 2.55. The molecular weight excluding hydrogens is 274 g/mol. The summed E-state index contributed by atoms with van der Waals surface area (Å²) >= 11 is 0. The van der Waals surface area contributed by atoms with Crippen molar-refractivity contribution in [3.05, 3.63) is 71.3 Å². The van der Waals surface area contributed by atoms with Gasteiger partial charge in [0.25, 0.3) is 5.91 Å². The highest BCUT2D eigenvalue weighted by atomic mass is 16.2. The molecule has 2 aromatic rings. The summed E-state index contributed by atoms with van der Waals surface area (Å²) in [5, 5.41) is 2.78. The second kappa shape index (κ2) is 8.13. The number of benzene rings is 2. The lowest BCUT2D eigenvalue weighted by atomic mass is 10.0. The maximum absolute atomic E-state index is 12.1. The molecule has 0 saturated heterocycles. The molecule has 0 fully saturated rings. The van der Waals surface area contributed by atoms with Gasteiger partial charge in [0.05, 0.1) is 6.04 Å². The van der Waals surface area contributed by atoms with Gasteiger partial charge in [-0.15, -0.1) is 0 Å². The van der Waals surface area contributed by atoms with Crippen molar-refractivity contribution in [3.63, 3.8) is 0 Å². The Morgan fingerprint density at radius 2 is 1.77 bits per heavy atom. The highest BCUT2D eigenvalue weighted by Gasteiger charge is 2.12. The Hall–Kier alpha value is -2.42. The lowest BCUT2D eigenvalue weighted by molar-refractivity contribution is -0.109. The molecule has 0 unspecified atom stereocenters. The Balaban J connectivity index is 1.82. The van der Waals surface area contributed by atoms with Gasteiger partial charge < -0.3 is 10.1 Å². The SMILES string of the molecule is Cc1ccc(C(=O)N[C@@H](C=O)CCCc2ccccc2)cc1. The molecular formula is C19H21NO2. The van der Waals surface area contributed by atoms with E-state index in [9.17, 15) is 9.59 Å². The van der Waals surface area contributed by atoms with Gasteiger partial charge in [0.15, 0.2) is 0 Å². The molecule has 114 valence electrons. The van der Waals surface area contributed by atoms with E-state index in [4.69, 9.17) is 0 Å². The Morgan fingerprint density at radius 1 is 1.09 bits per heavy atom. The second-order valence-electron chi connectivity index (χ2n) is 5.46. The van der Waals surface area contributed by atoms with Crippen molar-refractivity contribution < 1.29 is 9.59 Å². The number of nitrogens with one attached hydrogen (secondary N) is 1. The zero-order valence-corrected chi connectivity index (χ0v) is 12.8. The number of amides is 1. The molecule has 0 saturated carbocycles. The van der Waals surface area contributed by atoms with E-state index < -0.39 is 6.04 Å². The topological polar surface area (TPSA) is 46.2 Å². The predicted molar refractivity (Wildman–Crippen MR) is 87.9 cm³/mol. The van der Waals surface area contributed by atoms with E-state index in [-0.39, 0.29) is 5.91 Å². The minimum absolute atomic E-state index is 0.197. The highest BCUT2D eigenvalue weighted by molar-refractivity contribution is 5.95. The molecule has 3 nitrogen and oxygen atoms in total. The first kappa shape index (κ1) is 16.0. The molecule has 0 spiro atoms. The van der Waals surface area contributed by atoms with Crippen LogP contribution in [0.3, 0.4) is 0 Å². The van der Waals surface area contributed by atoms with E-state index in [1.807, 2.05) is 37.3 Å². The Bertz CT molecular complexity index is 605. The summed E-state index contributed by atoms with van der Waals surface area (Å²) in [6, 6.07) is 17.0. The molecule has 0 aliphatic rings. The largest absolute Gasteiger partial charge is 0.343 e. The molecule has 0 radical (unpaired) electrons. The van der Waals surface area contributed by atoms with Crippen LogP contribution in [0.5, 0.6) is 0 Å². The van der Waals surface area contributed by atoms with Crippen LogP contribution in [-0.2, 0) is 11.2 Å². The zero-order chi connectivity index (χ0) is 15.8. The first-order valence-corrected chi connectivity index (χ1v) is 7.56. The van der Waals surface area contributed by atoms with Gasteiger partial charge in [-0.05, 0) is 43.9 Å². The molecule has 2 aromatic carbocycles. The van der Waals surface area contributed by atoms with E-state index in [1.165, 1.54) is 5.56 Å². The molecule has 1 N–H and O–H groups in total. The van der Waals surface area contributed by atoms with E-state index in [2.05, 4.69) is 17.4 Å². The first-order valence-electron chi connectivity index (χ1n) is 7.56. The molecule has 0 aliphatic carbocycles. The van der Waals surface area contributed by atoms with E-state index >= 15 is 0 Å². The van der Waals surface area contributed by atoms with Crippen molar-refractivity contribution in [2.75, 3.05) is 0 Å². The summed E-state index contributed by atoms with van der Waals surface area (Å²) in [5.41, 5.74) is 2.93. The highest BCUT2D eigenvalue weighted by Crippen LogP contribution is 2.07. The fourth-order valence-corrected chi connectivity index (χ4v) is 2.30. The van der Waals surface area contributed by atoms with Gasteiger partial charge in [0.2, 0.25) is 0 Å². The van der Waals surface area contributed by atoms with Gasteiger partial charge in [0.1, 0.15) is 6.29 Å². The molecule has 2 rings (SSSR count). The zero-order valence-electron chi connectivity index (χ0n) is 12.8. The van der Waals surface area contributed by atoms with Crippen LogP contribution in [-0.4, -0.2) is 18.2 Å². The molecule has 22 heavy (non-hydrogen) atoms. The minimum atomic E-state index is -0.433. The minimum Gasteiger partial charge on any atom is -0.343 e. The molecule has 1 amide bonds. The van der Waals surface area contributed by atoms with E-state index in [1.54, 1.807) is 12.1 Å². The van der Waals surface area contributed by atoms with Crippen molar-refractivity contribution in [2.24, 2.45) is 0 Å². The van der Waals surface area contributed by atoms with Gasteiger partial charge in [-0.1, -0.05) is 48.0 Å². The van der Waals surface area contributed by atoms with Crippen molar-refractivity contribution in [1.82, 2.24) is 5.32 Å². The monoisotopic (exact) mass is 295 g/mol. The molecule has 3 heteroatoms. The normalized spacial score (nSPS) is 11.7. The third-order valence-electron chi connectivity index (χ3n) is 3.62. The van der Waals surface area contributed by atoms with Crippen LogP contribution in [0, 0.1) is 6.92 Å². The van der Waals surface area contributed by atoms with Crippen molar-refractivity contribution in [3.8, 4) is 0 Å². The summed E-state index contributed by atoms with van der Waals surface area (Å²) in [6.45, 7) is 1.97. The first-order chi connectivity index (χ1) is 10.7. The summed E-state index contributed by atoms with van der Waals surface area (Å²) < 4.78 is 0. The van der Waals surface area contributed by atoms with Gasteiger partial charge in [-0.25, -0.2) is 0 Å².